The van der Waals surface area contributed by atoms with Crippen molar-refractivity contribution in [1.82, 2.24) is 0 Å². The lowest BCUT2D eigenvalue weighted by Crippen LogP contribution is -2.36. The Morgan fingerprint density at radius 1 is 1.30 bits per heavy atom. The molecule has 1 aliphatic heterocycles. The summed E-state index contributed by atoms with van der Waals surface area (Å²) in [6, 6.07) is 3.97. The van der Waals surface area contributed by atoms with Crippen LogP contribution in [-0.4, -0.2) is 30.4 Å². The van der Waals surface area contributed by atoms with E-state index in [4.69, 9.17) is 9.47 Å². The topological polar surface area (TPSA) is 55.8 Å². The highest BCUT2D eigenvalue weighted by atomic mass is 16.6. The van der Waals surface area contributed by atoms with Crippen molar-refractivity contribution >= 4 is 11.5 Å². The van der Waals surface area contributed by atoms with E-state index >= 15 is 0 Å². The number of benzene rings is 1. The Labute approximate surface area is 118 Å². The lowest BCUT2D eigenvalue weighted by Gasteiger charge is -2.34. The highest BCUT2D eigenvalue weighted by Gasteiger charge is 2.45. The molecule has 4 nitrogen and oxygen atoms in total. The average molecular weight is 274 g/mol. The van der Waals surface area contributed by atoms with Gasteiger partial charge in [-0.25, -0.2) is 4.79 Å². The SMILES string of the molecule is COc1cc2c(cc1C)C1=C(C)C(=O)O[C@H]1[C@@H](O)[C@H]2C. The molecule has 20 heavy (non-hydrogen) atoms. The maximum Gasteiger partial charge on any atom is 0.334 e. The van der Waals surface area contributed by atoms with Crippen LogP contribution in [0.25, 0.3) is 5.57 Å². The first-order valence-corrected chi connectivity index (χ1v) is 6.74. The molecule has 0 spiro atoms. The fourth-order valence-corrected chi connectivity index (χ4v) is 3.16. The second-order valence-electron chi connectivity index (χ2n) is 5.55. The predicted molar refractivity (Wildman–Crippen MR) is 74.6 cm³/mol. The predicted octanol–water partition coefficient (Wildman–Crippen LogP) is 2.18. The van der Waals surface area contributed by atoms with E-state index in [0.29, 0.717) is 5.57 Å². The minimum absolute atomic E-state index is 0.105. The maximum atomic E-state index is 11.8. The molecule has 3 atom stereocenters. The van der Waals surface area contributed by atoms with Crippen molar-refractivity contribution in [3.8, 4) is 5.75 Å². The zero-order valence-electron chi connectivity index (χ0n) is 12.1. The van der Waals surface area contributed by atoms with Crippen molar-refractivity contribution in [3.63, 3.8) is 0 Å². The molecule has 0 bridgehead atoms. The summed E-state index contributed by atoms with van der Waals surface area (Å²) >= 11 is 0. The van der Waals surface area contributed by atoms with Gasteiger partial charge in [-0.1, -0.05) is 6.92 Å². The lowest BCUT2D eigenvalue weighted by molar-refractivity contribution is -0.143. The summed E-state index contributed by atoms with van der Waals surface area (Å²) < 4.78 is 10.7. The first-order chi connectivity index (χ1) is 9.45. The van der Waals surface area contributed by atoms with Crippen LogP contribution in [-0.2, 0) is 9.53 Å². The number of hydrogen-bond acceptors (Lipinski definition) is 4. The normalized spacial score (nSPS) is 28.1. The van der Waals surface area contributed by atoms with Gasteiger partial charge in [0, 0.05) is 17.1 Å². The number of rotatable bonds is 1. The van der Waals surface area contributed by atoms with Gasteiger partial charge in [0.25, 0.3) is 0 Å². The molecule has 1 aromatic rings. The van der Waals surface area contributed by atoms with Gasteiger partial charge in [-0.05, 0) is 42.7 Å². The summed E-state index contributed by atoms with van der Waals surface area (Å²) in [6.07, 6.45) is -1.26. The van der Waals surface area contributed by atoms with Crippen molar-refractivity contribution in [3.05, 3.63) is 34.4 Å². The minimum Gasteiger partial charge on any atom is -0.496 e. The Bertz CT molecular complexity index is 630. The highest BCUT2D eigenvalue weighted by Crippen LogP contribution is 2.46. The summed E-state index contributed by atoms with van der Waals surface area (Å²) in [5.41, 5.74) is 4.42. The van der Waals surface area contributed by atoms with Crippen LogP contribution in [0.5, 0.6) is 5.75 Å². The number of methoxy groups -OCH3 is 1. The number of carbonyl (C=O) groups is 1. The van der Waals surface area contributed by atoms with Gasteiger partial charge >= 0.3 is 5.97 Å². The molecule has 4 heteroatoms. The summed E-state index contributed by atoms with van der Waals surface area (Å²) in [7, 11) is 1.63. The van der Waals surface area contributed by atoms with Crippen LogP contribution < -0.4 is 4.74 Å². The first kappa shape index (κ1) is 13.2. The molecule has 2 aliphatic rings. The third kappa shape index (κ3) is 1.61. The second kappa shape index (κ2) is 4.35. The van der Waals surface area contributed by atoms with Crippen LogP contribution in [0.2, 0.25) is 0 Å². The standard InChI is InChI=1S/C16H18O4/c1-7-5-11-10(6-12(7)19-4)8(2)14(17)15-13(11)9(3)16(18)20-15/h5-6,8,14-15,17H,1-4H3/t8-,14-,15+/m0/s1. The second-order valence-corrected chi connectivity index (χ2v) is 5.55. The van der Waals surface area contributed by atoms with E-state index in [0.717, 1.165) is 28.0 Å². The number of fused-ring (bicyclic) bond motifs is 3. The molecule has 0 saturated heterocycles. The van der Waals surface area contributed by atoms with Gasteiger partial charge in [-0.3, -0.25) is 0 Å². The quantitative estimate of drug-likeness (QED) is 0.797. The fraction of sp³-hybridized carbons (Fsp3) is 0.438. The molecular formula is C16H18O4. The zero-order chi connectivity index (χ0) is 14.6. The van der Waals surface area contributed by atoms with Crippen molar-refractivity contribution < 1.29 is 19.4 Å². The Hall–Kier alpha value is -1.81. The van der Waals surface area contributed by atoms with Gasteiger partial charge in [-0.2, -0.15) is 0 Å². The van der Waals surface area contributed by atoms with E-state index in [2.05, 4.69) is 0 Å². The van der Waals surface area contributed by atoms with Crippen LogP contribution in [0.1, 0.15) is 36.5 Å². The van der Waals surface area contributed by atoms with E-state index < -0.39 is 12.2 Å². The number of esters is 1. The van der Waals surface area contributed by atoms with Gasteiger partial charge in [-0.15, -0.1) is 0 Å². The molecule has 0 amide bonds. The van der Waals surface area contributed by atoms with Crippen LogP contribution >= 0.6 is 0 Å². The largest absolute Gasteiger partial charge is 0.496 e. The van der Waals surface area contributed by atoms with Gasteiger partial charge in [0.15, 0.2) is 6.10 Å². The third-order valence-corrected chi connectivity index (χ3v) is 4.40. The van der Waals surface area contributed by atoms with Crippen molar-refractivity contribution in [2.45, 2.75) is 38.9 Å². The molecule has 0 radical (unpaired) electrons. The van der Waals surface area contributed by atoms with Crippen LogP contribution in [0, 0.1) is 6.92 Å². The minimum atomic E-state index is -0.716. The maximum absolute atomic E-state index is 11.8. The Morgan fingerprint density at radius 3 is 2.65 bits per heavy atom. The molecule has 0 fully saturated rings. The zero-order valence-corrected chi connectivity index (χ0v) is 12.1. The average Bonchev–Trinajstić information content (AvgIpc) is 2.72. The smallest absolute Gasteiger partial charge is 0.334 e. The molecule has 0 unspecified atom stereocenters. The molecule has 1 heterocycles. The van der Waals surface area contributed by atoms with Crippen molar-refractivity contribution in [2.75, 3.05) is 7.11 Å². The lowest BCUT2D eigenvalue weighted by atomic mass is 9.76. The first-order valence-electron chi connectivity index (χ1n) is 6.74. The Morgan fingerprint density at radius 2 is 2.00 bits per heavy atom. The van der Waals surface area contributed by atoms with E-state index in [1.54, 1.807) is 14.0 Å². The molecule has 0 saturated carbocycles. The summed E-state index contributed by atoms with van der Waals surface area (Å²) in [4.78, 5) is 11.8. The third-order valence-electron chi connectivity index (χ3n) is 4.40. The van der Waals surface area contributed by atoms with Crippen LogP contribution in [0.15, 0.2) is 17.7 Å². The molecule has 0 aromatic heterocycles. The van der Waals surface area contributed by atoms with E-state index in [1.165, 1.54) is 0 Å². The fourth-order valence-electron chi connectivity index (χ4n) is 3.16. The number of ether oxygens (including phenoxy) is 2. The Balaban J connectivity index is 2.28. The molecule has 1 aromatic carbocycles. The summed E-state index contributed by atoms with van der Waals surface area (Å²) in [5.74, 6) is 0.356. The van der Waals surface area contributed by atoms with Crippen LogP contribution in [0.4, 0.5) is 0 Å². The van der Waals surface area contributed by atoms with Crippen molar-refractivity contribution in [1.29, 1.82) is 0 Å². The van der Waals surface area contributed by atoms with E-state index in [-0.39, 0.29) is 11.9 Å². The number of aryl methyl sites for hydroxylation is 1. The van der Waals surface area contributed by atoms with Gasteiger partial charge in [0.05, 0.1) is 7.11 Å². The monoisotopic (exact) mass is 274 g/mol. The number of aliphatic hydroxyl groups is 1. The van der Waals surface area contributed by atoms with E-state index in [9.17, 15) is 9.90 Å². The molecule has 1 aliphatic carbocycles. The van der Waals surface area contributed by atoms with Gasteiger partial charge in [0.1, 0.15) is 11.9 Å². The van der Waals surface area contributed by atoms with Gasteiger partial charge < -0.3 is 14.6 Å². The Kier molecular flexibility index (Phi) is 2.87. The molecular weight excluding hydrogens is 256 g/mol. The molecule has 3 rings (SSSR count). The van der Waals surface area contributed by atoms with E-state index in [1.807, 2.05) is 26.0 Å². The van der Waals surface area contributed by atoms with Gasteiger partial charge in [0.2, 0.25) is 0 Å². The number of hydrogen-bond donors (Lipinski definition) is 1. The van der Waals surface area contributed by atoms with Crippen molar-refractivity contribution in [2.24, 2.45) is 0 Å². The molecule has 106 valence electrons. The summed E-state index contributed by atoms with van der Waals surface area (Å²) in [6.45, 7) is 5.66. The number of aliphatic hydroxyl groups excluding tert-OH is 1. The summed E-state index contributed by atoms with van der Waals surface area (Å²) in [5, 5.41) is 10.4. The number of carbonyl (C=O) groups excluding carboxylic acids is 1. The van der Waals surface area contributed by atoms with Crippen LogP contribution in [0.3, 0.4) is 0 Å². The molecule has 1 N–H and O–H groups in total. The highest BCUT2D eigenvalue weighted by molar-refractivity contribution is 6.03.